The van der Waals surface area contributed by atoms with Crippen LogP contribution in [0.1, 0.15) is 38.3 Å². The zero-order chi connectivity index (χ0) is 15.3. The molecule has 0 saturated carbocycles. The summed E-state index contributed by atoms with van der Waals surface area (Å²) in [5.74, 6) is 1.51. The number of benzene rings is 1. The molecule has 0 heterocycles. The first-order chi connectivity index (χ1) is 9.42. The van der Waals surface area contributed by atoms with Crippen molar-refractivity contribution in [2.45, 2.75) is 38.8 Å². The van der Waals surface area contributed by atoms with Crippen molar-refractivity contribution in [3.63, 3.8) is 0 Å². The molecule has 122 valence electrons. The number of hydrogen-bond acceptors (Lipinski definition) is 4. The highest BCUT2D eigenvalue weighted by Gasteiger charge is 2.23. The molecule has 3 N–H and O–H groups in total. The average Bonchev–Trinajstić information content (AvgIpc) is 2.43. The quantitative estimate of drug-likeness (QED) is 0.798. The number of methoxy groups -OCH3 is 2. The van der Waals surface area contributed by atoms with E-state index < -0.39 is 12.1 Å². The predicted molar refractivity (Wildman–Crippen MR) is 88.8 cm³/mol. The highest BCUT2D eigenvalue weighted by Crippen LogP contribution is 2.40. The molecule has 0 radical (unpaired) electrons. The van der Waals surface area contributed by atoms with Gasteiger partial charge in [0.2, 0.25) is 0 Å². The summed E-state index contributed by atoms with van der Waals surface area (Å²) in [5, 5.41) is 10.6. The highest BCUT2D eigenvalue weighted by molar-refractivity contribution is 6.33. The van der Waals surface area contributed by atoms with Gasteiger partial charge in [0.15, 0.2) is 11.5 Å². The maximum absolute atomic E-state index is 10.2. The van der Waals surface area contributed by atoms with E-state index >= 15 is 0 Å². The van der Waals surface area contributed by atoms with E-state index in [1.807, 2.05) is 0 Å². The Morgan fingerprint density at radius 1 is 1.19 bits per heavy atom. The van der Waals surface area contributed by atoms with Crippen LogP contribution in [0.4, 0.5) is 0 Å². The third kappa shape index (κ3) is 5.22. The zero-order valence-electron chi connectivity index (χ0n) is 12.9. The Morgan fingerprint density at radius 3 is 2.29 bits per heavy atom. The van der Waals surface area contributed by atoms with Crippen molar-refractivity contribution in [1.82, 2.24) is 0 Å². The molecule has 2 atom stereocenters. The minimum atomic E-state index is -0.631. The van der Waals surface area contributed by atoms with E-state index in [0.29, 0.717) is 34.4 Å². The summed E-state index contributed by atoms with van der Waals surface area (Å²) in [6, 6.07) is 2.98. The summed E-state index contributed by atoms with van der Waals surface area (Å²) in [7, 11) is 3.07. The normalized spacial score (nSPS) is 13.5. The summed E-state index contributed by atoms with van der Waals surface area (Å²) < 4.78 is 10.4. The van der Waals surface area contributed by atoms with Crippen molar-refractivity contribution in [2.75, 3.05) is 14.2 Å². The molecule has 0 saturated heterocycles. The van der Waals surface area contributed by atoms with Gasteiger partial charge in [-0.05, 0) is 30.4 Å². The van der Waals surface area contributed by atoms with Crippen molar-refractivity contribution in [2.24, 2.45) is 11.7 Å². The average molecular weight is 338 g/mol. The van der Waals surface area contributed by atoms with E-state index in [1.165, 1.54) is 7.11 Å². The topological polar surface area (TPSA) is 64.7 Å². The molecule has 1 rings (SSSR count). The molecule has 1 aromatic carbocycles. The van der Waals surface area contributed by atoms with Gasteiger partial charge >= 0.3 is 0 Å². The maximum Gasteiger partial charge on any atom is 0.179 e. The van der Waals surface area contributed by atoms with Crippen LogP contribution in [-0.2, 0) is 0 Å². The zero-order valence-corrected chi connectivity index (χ0v) is 14.5. The first-order valence-corrected chi connectivity index (χ1v) is 7.14. The monoisotopic (exact) mass is 337 g/mol. The first-order valence-electron chi connectivity index (χ1n) is 6.76. The number of nitrogens with two attached hydrogens (primary N) is 1. The Hall–Kier alpha value is -0.680. The lowest BCUT2D eigenvalue weighted by atomic mass is 9.95. The minimum absolute atomic E-state index is 0. The third-order valence-corrected chi connectivity index (χ3v) is 3.72. The van der Waals surface area contributed by atoms with Gasteiger partial charge in [0.05, 0.1) is 31.4 Å². The standard InChI is InChI=1S/C15H24ClNO3.ClH/c1-9(2)5-7-11(18)14(17)10-6-8-12(19-3)15(20-4)13(10)16;/h6,8-9,11,14,18H,5,7,17H2,1-4H3;1H/t11-,14+;/m1./s1. The van der Waals surface area contributed by atoms with Crippen LogP contribution in [0.15, 0.2) is 12.1 Å². The number of aliphatic hydroxyl groups excluding tert-OH is 1. The van der Waals surface area contributed by atoms with Gasteiger partial charge in [0.1, 0.15) is 0 Å². The van der Waals surface area contributed by atoms with Gasteiger partial charge < -0.3 is 20.3 Å². The fourth-order valence-electron chi connectivity index (χ4n) is 2.05. The molecule has 0 aliphatic heterocycles. The molecule has 21 heavy (non-hydrogen) atoms. The van der Waals surface area contributed by atoms with Gasteiger partial charge in [-0.15, -0.1) is 12.4 Å². The van der Waals surface area contributed by atoms with E-state index in [0.717, 1.165) is 6.42 Å². The van der Waals surface area contributed by atoms with Crippen LogP contribution in [-0.4, -0.2) is 25.4 Å². The number of rotatable bonds is 7. The largest absolute Gasteiger partial charge is 0.493 e. The molecule has 0 bridgehead atoms. The fourth-order valence-corrected chi connectivity index (χ4v) is 2.41. The Labute approximate surface area is 138 Å². The summed E-state index contributed by atoms with van der Waals surface area (Å²) in [4.78, 5) is 0. The van der Waals surface area contributed by atoms with Gasteiger partial charge in [0, 0.05) is 0 Å². The highest BCUT2D eigenvalue weighted by atomic mass is 35.5. The molecule has 6 heteroatoms. The van der Waals surface area contributed by atoms with Crippen LogP contribution in [0.3, 0.4) is 0 Å². The lowest BCUT2D eigenvalue weighted by Crippen LogP contribution is -2.27. The Morgan fingerprint density at radius 2 is 1.81 bits per heavy atom. The van der Waals surface area contributed by atoms with Crippen LogP contribution >= 0.6 is 24.0 Å². The summed E-state index contributed by atoms with van der Waals surface area (Å²) in [5.41, 5.74) is 6.78. The lowest BCUT2D eigenvalue weighted by Gasteiger charge is -2.22. The fraction of sp³-hybridized carbons (Fsp3) is 0.600. The molecule has 4 nitrogen and oxygen atoms in total. The second-order valence-corrected chi connectivity index (χ2v) is 5.65. The predicted octanol–water partition coefficient (Wildman–Crippen LogP) is 3.58. The maximum atomic E-state index is 10.2. The van der Waals surface area contributed by atoms with Gasteiger partial charge in [-0.3, -0.25) is 0 Å². The van der Waals surface area contributed by atoms with Crippen molar-refractivity contribution in [1.29, 1.82) is 0 Å². The molecule has 0 spiro atoms. The Kier molecular flexibility index (Phi) is 9.06. The molecule has 0 fully saturated rings. The number of halogens is 2. The Balaban J connectivity index is 0.00000400. The van der Waals surface area contributed by atoms with Crippen molar-refractivity contribution >= 4 is 24.0 Å². The van der Waals surface area contributed by atoms with E-state index in [1.54, 1.807) is 19.2 Å². The van der Waals surface area contributed by atoms with E-state index in [2.05, 4.69) is 13.8 Å². The van der Waals surface area contributed by atoms with Crippen LogP contribution in [0.25, 0.3) is 0 Å². The van der Waals surface area contributed by atoms with Gasteiger partial charge in [-0.2, -0.15) is 0 Å². The van der Waals surface area contributed by atoms with E-state index in [9.17, 15) is 5.11 Å². The molecule has 0 unspecified atom stereocenters. The lowest BCUT2D eigenvalue weighted by molar-refractivity contribution is 0.128. The molecule has 0 aliphatic carbocycles. The van der Waals surface area contributed by atoms with Crippen LogP contribution in [0, 0.1) is 5.92 Å². The molecule has 1 aromatic rings. The van der Waals surface area contributed by atoms with Crippen LogP contribution in [0.5, 0.6) is 11.5 Å². The van der Waals surface area contributed by atoms with Crippen LogP contribution in [0.2, 0.25) is 5.02 Å². The summed E-state index contributed by atoms with van der Waals surface area (Å²) in [6.45, 7) is 4.23. The number of hydrogen-bond donors (Lipinski definition) is 2. The van der Waals surface area contributed by atoms with Crippen molar-refractivity contribution in [3.8, 4) is 11.5 Å². The molecule has 0 aromatic heterocycles. The smallest absolute Gasteiger partial charge is 0.179 e. The van der Waals surface area contributed by atoms with Crippen molar-refractivity contribution in [3.05, 3.63) is 22.7 Å². The second kappa shape index (κ2) is 9.36. The van der Waals surface area contributed by atoms with E-state index in [-0.39, 0.29) is 12.4 Å². The van der Waals surface area contributed by atoms with Crippen molar-refractivity contribution < 1.29 is 14.6 Å². The number of ether oxygens (including phenoxy) is 2. The number of aliphatic hydroxyl groups is 1. The minimum Gasteiger partial charge on any atom is -0.493 e. The molecule has 0 aliphatic rings. The SMILES string of the molecule is COc1ccc([C@H](N)[C@H](O)CCC(C)C)c(Cl)c1OC.Cl. The van der Waals surface area contributed by atoms with Gasteiger partial charge in [0.25, 0.3) is 0 Å². The second-order valence-electron chi connectivity index (χ2n) is 5.27. The molecular weight excluding hydrogens is 313 g/mol. The van der Waals surface area contributed by atoms with Crippen LogP contribution < -0.4 is 15.2 Å². The molecular formula is C15H25Cl2NO3. The Bertz CT molecular complexity index is 441. The summed E-state index contributed by atoms with van der Waals surface area (Å²) >= 11 is 6.30. The van der Waals surface area contributed by atoms with Gasteiger partial charge in [-0.1, -0.05) is 31.5 Å². The third-order valence-electron chi connectivity index (χ3n) is 3.33. The molecule has 0 amide bonds. The van der Waals surface area contributed by atoms with E-state index in [4.69, 9.17) is 26.8 Å². The first kappa shape index (κ1) is 20.3. The summed E-state index contributed by atoms with van der Waals surface area (Å²) in [6.07, 6.45) is 0.927. The van der Waals surface area contributed by atoms with Gasteiger partial charge in [-0.25, -0.2) is 0 Å².